The second-order valence-electron chi connectivity index (χ2n) is 7.62. The minimum absolute atomic E-state index is 0.0647. The standard InChI is InChI=1S/C27H22N2O2/c30-27(26-22-11-1-3-13-24(22)31-25-14-4-2-12-23(25)26)29-21-10-7-8-19(18-21)15-16-20-9-5-6-17-28-20/h1-14,17-18,26H,15-16H2,(H,29,30). The second-order valence-corrected chi connectivity index (χ2v) is 7.62. The zero-order chi connectivity index (χ0) is 21.0. The molecule has 0 saturated heterocycles. The number of pyridine rings is 1. The van der Waals surface area contributed by atoms with Crippen LogP contribution in [0.25, 0.3) is 0 Å². The summed E-state index contributed by atoms with van der Waals surface area (Å²) in [7, 11) is 0. The smallest absolute Gasteiger partial charge is 0.236 e. The number of nitrogens with zero attached hydrogens (tertiary/aromatic N) is 1. The molecule has 0 fully saturated rings. The van der Waals surface area contributed by atoms with Gasteiger partial charge in [0.15, 0.2) is 0 Å². The summed E-state index contributed by atoms with van der Waals surface area (Å²) in [5.41, 5.74) is 4.78. The van der Waals surface area contributed by atoms with Gasteiger partial charge in [0, 0.05) is 28.7 Å². The maximum Gasteiger partial charge on any atom is 0.236 e. The topological polar surface area (TPSA) is 51.2 Å². The summed E-state index contributed by atoms with van der Waals surface area (Å²) >= 11 is 0. The number of hydrogen-bond donors (Lipinski definition) is 1. The average Bonchev–Trinajstić information content (AvgIpc) is 2.82. The molecule has 0 bridgehead atoms. The quantitative estimate of drug-likeness (QED) is 0.460. The van der Waals surface area contributed by atoms with Crippen LogP contribution in [-0.2, 0) is 17.6 Å². The number of rotatable bonds is 5. The summed E-state index contributed by atoms with van der Waals surface area (Å²) < 4.78 is 6.02. The molecular weight excluding hydrogens is 384 g/mol. The van der Waals surface area contributed by atoms with Crippen molar-refractivity contribution in [1.82, 2.24) is 4.98 Å². The van der Waals surface area contributed by atoms with Crippen LogP contribution in [0.15, 0.2) is 97.2 Å². The van der Waals surface area contributed by atoms with Gasteiger partial charge < -0.3 is 10.1 Å². The summed E-state index contributed by atoms with van der Waals surface area (Å²) in [4.78, 5) is 17.8. The van der Waals surface area contributed by atoms with Crippen molar-refractivity contribution >= 4 is 11.6 Å². The summed E-state index contributed by atoms with van der Waals surface area (Å²) in [6, 6.07) is 29.4. The number of aromatic nitrogens is 1. The molecule has 4 heteroatoms. The second kappa shape index (κ2) is 8.44. The molecule has 1 aliphatic rings. The summed E-state index contributed by atoms with van der Waals surface area (Å²) in [5, 5.41) is 3.12. The number of fused-ring (bicyclic) bond motifs is 2. The molecule has 152 valence electrons. The molecule has 0 unspecified atom stereocenters. The molecule has 4 aromatic rings. The first-order valence-electron chi connectivity index (χ1n) is 10.4. The zero-order valence-corrected chi connectivity index (χ0v) is 17.0. The molecule has 0 aliphatic carbocycles. The number of ether oxygens (including phenoxy) is 1. The lowest BCUT2D eigenvalue weighted by atomic mass is 9.87. The molecular formula is C27H22N2O2. The van der Waals surface area contributed by atoms with E-state index < -0.39 is 5.92 Å². The molecule has 31 heavy (non-hydrogen) atoms. The van der Waals surface area contributed by atoms with Gasteiger partial charge in [-0.1, -0.05) is 54.6 Å². The van der Waals surface area contributed by atoms with Crippen molar-refractivity contribution in [3.63, 3.8) is 0 Å². The average molecular weight is 406 g/mol. The van der Waals surface area contributed by atoms with Gasteiger partial charge in [-0.3, -0.25) is 9.78 Å². The Hall–Kier alpha value is -3.92. The maximum atomic E-state index is 13.4. The Bertz CT molecular complexity index is 1180. The molecule has 1 aliphatic heterocycles. The minimum Gasteiger partial charge on any atom is -0.457 e. The van der Waals surface area contributed by atoms with E-state index in [1.807, 2.05) is 91.1 Å². The third-order valence-corrected chi connectivity index (χ3v) is 5.53. The van der Waals surface area contributed by atoms with E-state index in [1.54, 1.807) is 0 Å². The first kappa shape index (κ1) is 19.1. The summed E-state index contributed by atoms with van der Waals surface area (Å²) in [6.07, 6.45) is 3.54. The molecule has 2 heterocycles. The Balaban J connectivity index is 1.37. The van der Waals surface area contributed by atoms with Gasteiger partial charge >= 0.3 is 0 Å². The fourth-order valence-corrected chi connectivity index (χ4v) is 4.03. The van der Waals surface area contributed by atoms with Crippen LogP contribution in [-0.4, -0.2) is 10.9 Å². The monoisotopic (exact) mass is 406 g/mol. The fraction of sp³-hybridized carbons (Fsp3) is 0.111. The third kappa shape index (κ3) is 4.05. The van der Waals surface area contributed by atoms with E-state index in [1.165, 1.54) is 0 Å². The number of nitrogens with one attached hydrogen (secondary N) is 1. The largest absolute Gasteiger partial charge is 0.457 e. The lowest BCUT2D eigenvalue weighted by Crippen LogP contribution is -2.25. The van der Waals surface area contributed by atoms with Crippen LogP contribution in [0, 0.1) is 0 Å². The highest BCUT2D eigenvalue weighted by molar-refractivity contribution is 5.99. The number of anilines is 1. The molecule has 0 spiro atoms. The van der Waals surface area contributed by atoms with Gasteiger partial charge in [-0.05, 0) is 54.8 Å². The Morgan fingerprint density at radius 3 is 2.23 bits per heavy atom. The molecule has 0 atom stereocenters. The first-order valence-corrected chi connectivity index (χ1v) is 10.4. The summed E-state index contributed by atoms with van der Waals surface area (Å²) in [5.74, 6) is 0.972. The van der Waals surface area contributed by atoms with Crippen LogP contribution in [0.2, 0.25) is 0 Å². The summed E-state index contributed by atoms with van der Waals surface area (Å²) in [6.45, 7) is 0. The van der Waals surface area contributed by atoms with Crippen molar-refractivity contribution in [3.8, 4) is 11.5 Å². The van der Waals surface area contributed by atoms with Gasteiger partial charge in [-0.2, -0.15) is 0 Å². The Labute approximate surface area is 181 Å². The fourth-order valence-electron chi connectivity index (χ4n) is 4.03. The minimum atomic E-state index is -0.418. The third-order valence-electron chi connectivity index (χ3n) is 5.53. The lowest BCUT2D eigenvalue weighted by Gasteiger charge is -2.27. The molecule has 0 radical (unpaired) electrons. The van der Waals surface area contributed by atoms with Gasteiger partial charge in [0.05, 0.1) is 5.92 Å². The number of para-hydroxylation sites is 2. The number of carbonyl (C=O) groups excluding carboxylic acids is 1. The van der Waals surface area contributed by atoms with Crippen LogP contribution in [0.3, 0.4) is 0 Å². The molecule has 4 nitrogen and oxygen atoms in total. The highest BCUT2D eigenvalue weighted by Crippen LogP contribution is 2.44. The van der Waals surface area contributed by atoms with E-state index in [-0.39, 0.29) is 5.91 Å². The number of benzene rings is 3. The number of hydrogen-bond acceptors (Lipinski definition) is 3. The van der Waals surface area contributed by atoms with E-state index >= 15 is 0 Å². The van der Waals surface area contributed by atoms with E-state index in [0.717, 1.165) is 52.4 Å². The molecule has 3 aromatic carbocycles. The molecule has 1 aromatic heterocycles. The van der Waals surface area contributed by atoms with Crippen LogP contribution in [0.1, 0.15) is 28.3 Å². The van der Waals surface area contributed by atoms with Crippen LogP contribution in [0.5, 0.6) is 11.5 Å². The first-order chi connectivity index (χ1) is 15.3. The van der Waals surface area contributed by atoms with Crippen molar-refractivity contribution in [2.45, 2.75) is 18.8 Å². The zero-order valence-electron chi connectivity index (χ0n) is 17.0. The van der Waals surface area contributed by atoms with Crippen LogP contribution in [0.4, 0.5) is 5.69 Å². The molecule has 5 rings (SSSR count). The van der Waals surface area contributed by atoms with Crippen molar-refractivity contribution in [1.29, 1.82) is 0 Å². The van der Waals surface area contributed by atoms with E-state index in [9.17, 15) is 4.79 Å². The van der Waals surface area contributed by atoms with Crippen molar-refractivity contribution < 1.29 is 9.53 Å². The van der Waals surface area contributed by atoms with Gasteiger partial charge in [-0.25, -0.2) is 0 Å². The van der Waals surface area contributed by atoms with Gasteiger partial charge in [0.2, 0.25) is 5.91 Å². The highest BCUT2D eigenvalue weighted by Gasteiger charge is 2.32. The highest BCUT2D eigenvalue weighted by atomic mass is 16.5. The Morgan fingerprint density at radius 2 is 1.52 bits per heavy atom. The van der Waals surface area contributed by atoms with Gasteiger partial charge in [0.25, 0.3) is 0 Å². The van der Waals surface area contributed by atoms with Gasteiger partial charge in [-0.15, -0.1) is 0 Å². The predicted molar refractivity (Wildman–Crippen MR) is 122 cm³/mol. The van der Waals surface area contributed by atoms with Crippen molar-refractivity contribution in [2.24, 2.45) is 0 Å². The van der Waals surface area contributed by atoms with E-state index in [2.05, 4.69) is 16.4 Å². The van der Waals surface area contributed by atoms with Crippen molar-refractivity contribution in [2.75, 3.05) is 5.32 Å². The maximum absolute atomic E-state index is 13.4. The van der Waals surface area contributed by atoms with Crippen molar-refractivity contribution in [3.05, 3.63) is 120 Å². The molecule has 0 saturated carbocycles. The number of carbonyl (C=O) groups is 1. The lowest BCUT2D eigenvalue weighted by molar-refractivity contribution is -0.116. The SMILES string of the molecule is O=C(Nc1cccc(CCc2ccccn2)c1)C1c2ccccc2Oc2ccccc21. The Kier molecular flexibility index (Phi) is 5.19. The normalized spacial score (nSPS) is 12.4. The number of amides is 1. The van der Waals surface area contributed by atoms with Crippen LogP contribution < -0.4 is 10.1 Å². The van der Waals surface area contributed by atoms with Crippen LogP contribution >= 0.6 is 0 Å². The predicted octanol–water partition coefficient (Wildman–Crippen LogP) is 5.74. The van der Waals surface area contributed by atoms with Gasteiger partial charge in [0.1, 0.15) is 11.5 Å². The molecule has 1 amide bonds. The molecule has 1 N–H and O–H groups in total. The van der Waals surface area contributed by atoms with E-state index in [0.29, 0.717) is 0 Å². The Morgan fingerprint density at radius 1 is 0.806 bits per heavy atom. The number of aryl methyl sites for hydroxylation is 2. The van der Waals surface area contributed by atoms with E-state index in [4.69, 9.17) is 4.74 Å².